The number of hydrogen-bond donors (Lipinski definition) is 1. The molecule has 0 radical (unpaired) electrons. The Morgan fingerprint density at radius 3 is 2.55 bits per heavy atom. The predicted molar refractivity (Wildman–Crippen MR) is 76.5 cm³/mol. The molecule has 1 N–H and O–H groups in total. The highest BCUT2D eigenvalue weighted by molar-refractivity contribution is 7.93. The molecule has 5 atom stereocenters. The van der Waals surface area contributed by atoms with Gasteiger partial charge < -0.3 is 14.6 Å². The lowest BCUT2D eigenvalue weighted by molar-refractivity contribution is -0.173. The fourth-order valence-corrected chi connectivity index (χ4v) is 5.22. The molecule has 0 aromatic heterocycles. The molecule has 0 bridgehead atoms. The molecule has 5 unspecified atom stereocenters. The van der Waals surface area contributed by atoms with Crippen molar-refractivity contribution >= 4 is 21.8 Å². The summed E-state index contributed by atoms with van der Waals surface area (Å²) in [5, 5.41) is 9.67. The zero-order chi connectivity index (χ0) is 16.7. The number of esters is 2. The Bertz CT molecular complexity index is 594. The third kappa shape index (κ3) is 3.17. The van der Waals surface area contributed by atoms with Gasteiger partial charge in [0.15, 0.2) is 16.4 Å². The SMILES string of the molecule is C=C(C)C(=O)OCC(=O)OC1C(C)CC2C(CS2(=O)=O)C1O. The first-order valence-electron chi connectivity index (χ1n) is 7.05. The maximum atomic E-state index is 11.7. The molecule has 22 heavy (non-hydrogen) atoms. The largest absolute Gasteiger partial charge is 0.457 e. The third-order valence-corrected chi connectivity index (χ3v) is 6.55. The van der Waals surface area contributed by atoms with E-state index in [1.807, 2.05) is 0 Å². The quantitative estimate of drug-likeness (QED) is 0.562. The van der Waals surface area contributed by atoms with Crippen LogP contribution in [0.4, 0.5) is 0 Å². The molecule has 1 heterocycles. The highest BCUT2D eigenvalue weighted by atomic mass is 32.2. The van der Waals surface area contributed by atoms with Gasteiger partial charge in [0.2, 0.25) is 0 Å². The standard InChI is InChI=1S/C14H20O7S/c1-7(2)14(17)20-5-11(15)21-13-8(3)4-10-9(12(13)16)6-22(10,18)19/h8-10,12-13,16H,1,4-6H2,2-3H3. The van der Waals surface area contributed by atoms with Gasteiger partial charge in [-0.2, -0.15) is 0 Å². The molecule has 124 valence electrons. The average molecular weight is 332 g/mol. The summed E-state index contributed by atoms with van der Waals surface area (Å²) in [5.41, 5.74) is 0.168. The van der Waals surface area contributed by atoms with E-state index >= 15 is 0 Å². The van der Waals surface area contributed by atoms with Gasteiger partial charge in [-0.25, -0.2) is 18.0 Å². The van der Waals surface area contributed by atoms with Crippen LogP contribution in [-0.2, 0) is 28.9 Å². The summed E-state index contributed by atoms with van der Waals surface area (Å²) in [5.74, 6) is -2.22. The van der Waals surface area contributed by atoms with Crippen molar-refractivity contribution in [3.05, 3.63) is 12.2 Å². The van der Waals surface area contributed by atoms with Crippen molar-refractivity contribution in [1.82, 2.24) is 0 Å². The smallest absolute Gasteiger partial charge is 0.344 e. The predicted octanol–water partition coefficient (Wildman–Crippen LogP) is -0.169. The molecular formula is C14H20O7S. The summed E-state index contributed by atoms with van der Waals surface area (Å²) in [6.45, 7) is 6.01. The second-order valence-corrected chi connectivity index (χ2v) is 8.31. The maximum Gasteiger partial charge on any atom is 0.344 e. The molecule has 0 aromatic rings. The van der Waals surface area contributed by atoms with Gasteiger partial charge in [-0.05, 0) is 19.3 Å². The van der Waals surface area contributed by atoms with E-state index in [4.69, 9.17) is 4.74 Å². The van der Waals surface area contributed by atoms with E-state index < -0.39 is 51.8 Å². The third-order valence-electron chi connectivity index (χ3n) is 4.24. The highest BCUT2D eigenvalue weighted by Gasteiger charge is 2.56. The summed E-state index contributed by atoms with van der Waals surface area (Å²) in [6, 6.07) is 0. The Morgan fingerprint density at radius 1 is 1.36 bits per heavy atom. The Kier molecular flexibility index (Phi) is 4.62. The summed E-state index contributed by atoms with van der Waals surface area (Å²) in [6.07, 6.45) is -1.45. The Morgan fingerprint density at radius 2 is 2.00 bits per heavy atom. The lowest BCUT2D eigenvalue weighted by Gasteiger charge is -2.48. The number of aliphatic hydroxyl groups is 1. The van der Waals surface area contributed by atoms with E-state index in [-0.39, 0.29) is 17.2 Å². The monoisotopic (exact) mass is 332 g/mol. The van der Waals surface area contributed by atoms with Gasteiger partial charge >= 0.3 is 11.9 Å². The van der Waals surface area contributed by atoms with Crippen molar-refractivity contribution in [2.24, 2.45) is 11.8 Å². The minimum Gasteiger partial charge on any atom is -0.457 e. The number of fused-ring (bicyclic) bond motifs is 1. The first-order chi connectivity index (χ1) is 10.1. The summed E-state index contributed by atoms with van der Waals surface area (Å²) >= 11 is 0. The van der Waals surface area contributed by atoms with Crippen LogP contribution in [0.3, 0.4) is 0 Å². The lowest BCUT2D eigenvalue weighted by atomic mass is 9.78. The van der Waals surface area contributed by atoms with Gasteiger partial charge in [0.25, 0.3) is 0 Å². The number of rotatable bonds is 4. The van der Waals surface area contributed by atoms with Gasteiger partial charge in [-0.1, -0.05) is 13.5 Å². The second-order valence-electron chi connectivity index (χ2n) is 6.05. The number of aliphatic hydroxyl groups excluding tert-OH is 1. The molecule has 2 rings (SSSR count). The molecule has 7 nitrogen and oxygen atoms in total. The number of carbonyl (C=O) groups is 2. The zero-order valence-electron chi connectivity index (χ0n) is 12.5. The molecule has 2 fully saturated rings. The minimum absolute atomic E-state index is 0.0791. The average Bonchev–Trinajstić information content (AvgIpc) is 2.43. The number of ether oxygens (including phenoxy) is 2. The molecule has 8 heteroatoms. The molecule has 1 saturated carbocycles. The van der Waals surface area contributed by atoms with Crippen LogP contribution in [0, 0.1) is 11.8 Å². The highest BCUT2D eigenvalue weighted by Crippen LogP contribution is 2.43. The first kappa shape index (κ1) is 17.0. The molecule has 1 aliphatic heterocycles. The van der Waals surface area contributed by atoms with Crippen LogP contribution in [0.25, 0.3) is 0 Å². The van der Waals surface area contributed by atoms with Crippen LogP contribution in [0.1, 0.15) is 20.3 Å². The Labute approximate surface area is 129 Å². The van der Waals surface area contributed by atoms with Gasteiger partial charge in [-0.3, -0.25) is 0 Å². The summed E-state index contributed by atoms with van der Waals surface area (Å²) < 4.78 is 33.1. The van der Waals surface area contributed by atoms with E-state index in [0.717, 1.165) is 0 Å². The van der Waals surface area contributed by atoms with Crippen LogP contribution >= 0.6 is 0 Å². The maximum absolute atomic E-state index is 11.7. The topological polar surface area (TPSA) is 107 Å². The van der Waals surface area contributed by atoms with Crippen LogP contribution in [-0.4, -0.2) is 55.3 Å². The fourth-order valence-electron chi connectivity index (χ4n) is 2.98. The fraction of sp³-hybridized carbons (Fsp3) is 0.714. The zero-order valence-corrected chi connectivity index (χ0v) is 13.3. The van der Waals surface area contributed by atoms with Crippen LogP contribution in [0.15, 0.2) is 12.2 Å². The van der Waals surface area contributed by atoms with E-state index in [1.54, 1.807) is 6.92 Å². The van der Waals surface area contributed by atoms with Crippen molar-refractivity contribution in [2.75, 3.05) is 12.4 Å². The number of carbonyl (C=O) groups excluding carboxylic acids is 2. The van der Waals surface area contributed by atoms with E-state index in [0.29, 0.717) is 6.42 Å². The van der Waals surface area contributed by atoms with Crippen molar-refractivity contribution in [1.29, 1.82) is 0 Å². The minimum atomic E-state index is -3.11. The van der Waals surface area contributed by atoms with Crippen LogP contribution in [0.5, 0.6) is 0 Å². The van der Waals surface area contributed by atoms with Crippen molar-refractivity contribution in [3.63, 3.8) is 0 Å². The lowest BCUT2D eigenvalue weighted by Crippen LogP contribution is -2.62. The first-order valence-corrected chi connectivity index (χ1v) is 8.76. The number of sulfone groups is 1. The Hall–Kier alpha value is -1.41. The van der Waals surface area contributed by atoms with E-state index in [2.05, 4.69) is 11.3 Å². The molecule has 0 aromatic carbocycles. The Balaban J connectivity index is 1.91. The van der Waals surface area contributed by atoms with Gasteiger partial charge in [0, 0.05) is 11.5 Å². The van der Waals surface area contributed by atoms with Gasteiger partial charge in [0.05, 0.1) is 17.1 Å². The van der Waals surface area contributed by atoms with E-state index in [1.165, 1.54) is 6.92 Å². The van der Waals surface area contributed by atoms with Crippen molar-refractivity contribution < 1.29 is 32.6 Å². The van der Waals surface area contributed by atoms with Crippen LogP contribution < -0.4 is 0 Å². The van der Waals surface area contributed by atoms with Crippen LogP contribution in [0.2, 0.25) is 0 Å². The molecule has 0 amide bonds. The second kappa shape index (κ2) is 6.00. The number of hydrogen-bond acceptors (Lipinski definition) is 7. The van der Waals surface area contributed by atoms with E-state index in [9.17, 15) is 23.1 Å². The van der Waals surface area contributed by atoms with Gasteiger partial charge in [-0.15, -0.1) is 0 Å². The molecule has 0 spiro atoms. The molecule has 2 aliphatic rings. The summed E-state index contributed by atoms with van der Waals surface area (Å²) in [4.78, 5) is 22.9. The molecular weight excluding hydrogens is 312 g/mol. The normalized spacial score (nSPS) is 35.7. The van der Waals surface area contributed by atoms with Gasteiger partial charge in [0.1, 0.15) is 6.10 Å². The van der Waals surface area contributed by atoms with Crippen molar-refractivity contribution in [2.45, 2.75) is 37.7 Å². The molecule has 1 aliphatic carbocycles. The molecule has 1 saturated heterocycles. The van der Waals surface area contributed by atoms with Crippen molar-refractivity contribution in [3.8, 4) is 0 Å². The summed E-state index contributed by atoms with van der Waals surface area (Å²) in [7, 11) is -3.11.